The van der Waals surface area contributed by atoms with Crippen molar-refractivity contribution in [1.82, 2.24) is 10.2 Å². The van der Waals surface area contributed by atoms with E-state index in [1.165, 1.54) is 0 Å². The topological polar surface area (TPSA) is 155 Å². The smallest absolute Gasteiger partial charge is 0.408 e. The molecule has 0 spiro atoms. The summed E-state index contributed by atoms with van der Waals surface area (Å²) in [4.78, 5) is 53.0. The second-order valence-corrected chi connectivity index (χ2v) is 10.0. The Hall–Kier alpha value is -4.65. The van der Waals surface area contributed by atoms with E-state index in [9.17, 15) is 24.4 Å². The lowest BCUT2D eigenvalue weighted by molar-refractivity contribution is -0.141. The number of amides is 4. The van der Waals surface area contributed by atoms with E-state index in [0.717, 1.165) is 16.0 Å². The first-order chi connectivity index (χ1) is 18.3. The number of carbonyl (C=O) groups is 4. The zero-order valence-corrected chi connectivity index (χ0v) is 22.9. The maximum absolute atomic E-state index is 13.8. The number of benzene rings is 2. The van der Waals surface area contributed by atoms with Gasteiger partial charge in [-0.05, 0) is 62.9 Å². The Kier molecular flexibility index (Phi) is 10.4. The van der Waals surface area contributed by atoms with Crippen molar-refractivity contribution in [2.24, 2.45) is 5.73 Å². The molecule has 0 saturated heterocycles. The molecule has 0 fully saturated rings. The molecular weight excluding hydrogens is 498 g/mol. The van der Waals surface area contributed by atoms with E-state index < -0.39 is 54.5 Å². The van der Waals surface area contributed by atoms with Crippen LogP contribution in [-0.2, 0) is 19.1 Å². The van der Waals surface area contributed by atoms with Gasteiger partial charge in [-0.3, -0.25) is 14.4 Å². The molecule has 10 nitrogen and oxygen atoms in total. The normalized spacial score (nSPS) is 12.3. The van der Waals surface area contributed by atoms with Crippen LogP contribution in [0.2, 0.25) is 0 Å². The Morgan fingerprint density at radius 3 is 2.28 bits per heavy atom. The third-order valence-electron chi connectivity index (χ3n) is 5.67. The Bertz CT molecular complexity index is 1270. The third-order valence-corrected chi connectivity index (χ3v) is 5.67. The fourth-order valence-electron chi connectivity index (χ4n) is 3.96. The SMILES string of the molecule is C=Cc1cccc(C(C(=O)Nc2c(C)cccc2C)N(CC#N)C(=O)C(CC(N)=O)NC(=O)OC(C)(C)C)c1. The van der Waals surface area contributed by atoms with Gasteiger partial charge < -0.3 is 26.0 Å². The van der Waals surface area contributed by atoms with Crippen molar-refractivity contribution < 1.29 is 23.9 Å². The third kappa shape index (κ3) is 8.71. The second-order valence-electron chi connectivity index (χ2n) is 10.0. The van der Waals surface area contributed by atoms with E-state index in [0.29, 0.717) is 16.8 Å². The predicted octanol–water partition coefficient (Wildman–Crippen LogP) is 3.75. The molecule has 39 heavy (non-hydrogen) atoms. The molecule has 0 aliphatic rings. The molecule has 2 rings (SSSR count). The number of aryl methyl sites for hydroxylation is 2. The van der Waals surface area contributed by atoms with Gasteiger partial charge in [0.05, 0.1) is 12.5 Å². The summed E-state index contributed by atoms with van der Waals surface area (Å²) >= 11 is 0. The summed E-state index contributed by atoms with van der Waals surface area (Å²) in [6.45, 7) is 11.8. The van der Waals surface area contributed by atoms with Gasteiger partial charge in [0, 0.05) is 5.69 Å². The molecule has 4 N–H and O–H groups in total. The van der Waals surface area contributed by atoms with Gasteiger partial charge in [-0.15, -0.1) is 0 Å². The summed E-state index contributed by atoms with van der Waals surface area (Å²) in [6, 6.07) is 11.4. The summed E-state index contributed by atoms with van der Waals surface area (Å²) in [5.41, 5.74) is 7.75. The van der Waals surface area contributed by atoms with Crippen molar-refractivity contribution in [1.29, 1.82) is 5.26 Å². The Balaban J connectivity index is 2.60. The Labute approximate surface area is 228 Å². The number of nitriles is 1. The summed E-state index contributed by atoms with van der Waals surface area (Å²) < 4.78 is 5.24. The molecule has 0 aromatic heterocycles. The lowest BCUT2D eigenvalue weighted by atomic mass is 9.99. The molecule has 0 aliphatic carbocycles. The Morgan fingerprint density at radius 1 is 1.13 bits per heavy atom. The molecular formula is C29H35N5O5. The zero-order valence-electron chi connectivity index (χ0n) is 22.9. The van der Waals surface area contributed by atoms with Crippen LogP contribution in [-0.4, -0.2) is 46.9 Å². The molecule has 0 heterocycles. The minimum Gasteiger partial charge on any atom is -0.444 e. The first-order valence-corrected chi connectivity index (χ1v) is 12.3. The first-order valence-electron chi connectivity index (χ1n) is 12.3. The van der Waals surface area contributed by atoms with E-state index in [1.54, 1.807) is 51.1 Å². The van der Waals surface area contributed by atoms with Crippen LogP contribution >= 0.6 is 0 Å². The number of rotatable bonds is 10. The number of nitrogens with zero attached hydrogens (tertiary/aromatic N) is 2. The highest BCUT2D eigenvalue weighted by molar-refractivity contribution is 6.00. The number of alkyl carbamates (subject to hydrolysis) is 1. The summed E-state index contributed by atoms with van der Waals surface area (Å²) in [6.07, 6.45) is 0.0578. The maximum atomic E-state index is 13.8. The van der Waals surface area contributed by atoms with Gasteiger partial charge in [-0.2, -0.15) is 5.26 Å². The highest BCUT2D eigenvalue weighted by Gasteiger charge is 2.37. The van der Waals surface area contributed by atoms with E-state index in [-0.39, 0.29) is 0 Å². The van der Waals surface area contributed by atoms with E-state index >= 15 is 0 Å². The average molecular weight is 534 g/mol. The minimum atomic E-state index is -1.48. The van der Waals surface area contributed by atoms with E-state index in [2.05, 4.69) is 17.2 Å². The fourth-order valence-corrected chi connectivity index (χ4v) is 3.96. The highest BCUT2D eigenvalue weighted by atomic mass is 16.6. The largest absolute Gasteiger partial charge is 0.444 e. The summed E-state index contributed by atoms with van der Waals surface area (Å²) in [7, 11) is 0. The van der Waals surface area contributed by atoms with Gasteiger partial charge in [-0.25, -0.2) is 4.79 Å². The molecule has 2 aromatic rings. The van der Waals surface area contributed by atoms with Crippen LogP contribution in [0.4, 0.5) is 10.5 Å². The van der Waals surface area contributed by atoms with Gasteiger partial charge in [-0.1, -0.05) is 49.1 Å². The standard InChI is InChI=1S/C29H35N5O5/c1-7-20-12-9-13-21(16-20)25(26(36)33-24-18(2)10-8-11-19(24)3)34(15-14-30)27(37)22(17-23(31)35)32-28(38)39-29(4,5)6/h7-13,16,22,25H,1,15,17H2,2-6H3,(H2,31,35)(H,32,38)(H,33,36). The van der Waals surface area contributed by atoms with Crippen molar-refractivity contribution in [2.45, 2.75) is 58.7 Å². The number of hydrogen-bond acceptors (Lipinski definition) is 6. The van der Waals surface area contributed by atoms with Crippen molar-refractivity contribution >= 4 is 35.6 Å². The number of nitrogens with two attached hydrogens (primary N) is 1. The molecule has 10 heteroatoms. The van der Waals surface area contributed by atoms with Crippen LogP contribution in [0.3, 0.4) is 0 Å². The second kappa shape index (κ2) is 13.2. The van der Waals surface area contributed by atoms with E-state index in [4.69, 9.17) is 10.5 Å². The number of para-hydroxylation sites is 1. The maximum Gasteiger partial charge on any atom is 0.408 e. The van der Waals surface area contributed by atoms with Gasteiger partial charge in [0.2, 0.25) is 11.8 Å². The number of anilines is 1. The van der Waals surface area contributed by atoms with Gasteiger partial charge in [0.25, 0.3) is 5.91 Å². The van der Waals surface area contributed by atoms with E-state index in [1.807, 2.05) is 38.1 Å². The lowest BCUT2D eigenvalue weighted by Gasteiger charge is -2.33. The predicted molar refractivity (Wildman–Crippen MR) is 148 cm³/mol. The van der Waals surface area contributed by atoms with Crippen LogP contribution in [0.15, 0.2) is 49.0 Å². The number of carbonyl (C=O) groups excluding carboxylic acids is 4. The van der Waals surface area contributed by atoms with Crippen LogP contribution in [0.1, 0.15) is 55.5 Å². The van der Waals surface area contributed by atoms with Crippen molar-refractivity contribution in [3.63, 3.8) is 0 Å². The van der Waals surface area contributed by atoms with Crippen LogP contribution in [0.5, 0.6) is 0 Å². The molecule has 2 atom stereocenters. The zero-order chi connectivity index (χ0) is 29.3. The average Bonchev–Trinajstić information content (AvgIpc) is 2.84. The molecule has 2 aromatic carbocycles. The van der Waals surface area contributed by atoms with Gasteiger partial charge in [0.15, 0.2) is 0 Å². The molecule has 0 saturated carbocycles. The van der Waals surface area contributed by atoms with Crippen LogP contribution < -0.4 is 16.4 Å². The first kappa shape index (κ1) is 30.6. The minimum absolute atomic E-state index is 0.398. The number of nitrogens with one attached hydrogen (secondary N) is 2. The number of ether oxygens (including phenoxy) is 1. The lowest BCUT2D eigenvalue weighted by Crippen LogP contribution is -2.53. The van der Waals surface area contributed by atoms with Crippen molar-refractivity contribution in [3.05, 3.63) is 71.3 Å². The molecule has 4 amide bonds. The molecule has 0 radical (unpaired) electrons. The fraction of sp³-hybridized carbons (Fsp3) is 0.345. The molecule has 0 bridgehead atoms. The number of hydrogen-bond donors (Lipinski definition) is 3. The molecule has 0 aliphatic heterocycles. The van der Waals surface area contributed by atoms with Gasteiger partial charge >= 0.3 is 6.09 Å². The monoisotopic (exact) mass is 533 g/mol. The summed E-state index contributed by atoms with van der Waals surface area (Å²) in [5.74, 6) is -2.31. The molecule has 2 unspecified atom stereocenters. The van der Waals surface area contributed by atoms with Crippen LogP contribution in [0, 0.1) is 25.2 Å². The summed E-state index contributed by atoms with van der Waals surface area (Å²) in [5, 5.41) is 14.9. The van der Waals surface area contributed by atoms with Crippen molar-refractivity contribution in [2.75, 3.05) is 11.9 Å². The molecule has 206 valence electrons. The Morgan fingerprint density at radius 2 is 1.74 bits per heavy atom. The van der Waals surface area contributed by atoms with Crippen molar-refractivity contribution in [3.8, 4) is 6.07 Å². The highest BCUT2D eigenvalue weighted by Crippen LogP contribution is 2.28. The quantitative estimate of drug-likeness (QED) is 0.395. The number of primary amides is 1. The van der Waals surface area contributed by atoms with Gasteiger partial charge in [0.1, 0.15) is 24.2 Å². The van der Waals surface area contributed by atoms with Crippen LogP contribution in [0.25, 0.3) is 6.08 Å².